The number of carbonyl (C=O) groups is 2. The highest BCUT2D eigenvalue weighted by Crippen LogP contribution is 2.25. The number of hydrogen-bond donors (Lipinski definition) is 1. The Hall–Kier alpha value is -2.08. The van der Waals surface area contributed by atoms with E-state index in [1.807, 2.05) is 49.0 Å². The van der Waals surface area contributed by atoms with Gasteiger partial charge in [-0.3, -0.25) is 9.59 Å². The van der Waals surface area contributed by atoms with E-state index in [0.29, 0.717) is 12.2 Å². The van der Waals surface area contributed by atoms with E-state index >= 15 is 0 Å². The highest BCUT2D eigenvalue weighted by Gasteiger charge is 2.18. The third-order valence-electron chi connectivity index (χ3n) is 3.99. The van der Waals surface area contributed by atoms with Gasteiger partial charge in [0.1, 0.15) is 6.61 Å². The second-order valence-corrected chi connectivity index (χ2v) is 6.12. The van der Waals surface area contributed by atoms with Crippen molar-refractivity contribution < 1.29 is 14.3 Å². The molecule has 2 amide bonds. The summed E-state index contributed by atoms with van der Waals surface area (Å²) in [5.41, 5.74) is 2.71. The lowest BCUT2D eigenvalue weighted by Gasteiger charge is -2.29. The molecular formula is C18H29N3O3. The maximum atomic E-state index is 12.0. The Morgan fingerprint density at radius 1 is 1.29 bits per heavy atom. The fraction of sp³-hybridized carbons (Fsp3) is 0.556. The maximum Gasteiger partial charge on any atom is 0.250 e. The maximum absolute atomic E-state index is 12.0. The van der Waals surface area contributed by atoms with E-state index < -0.39 is 0 Å². The van der Waals surface area contributed by atoms with Gasteiger partial charge in [0.05, 0.1) is 0 Å². The van der Waals surface area contributed by atoms with Crippen LogP contribution in [0.15, 0.2) is 18.2 Å². The first-order valence-electron chi connectivity index (χ1n) is 8.16. The van der Waals surface area contributed by atoms with Crippen LogP contribution in [0, 0.1) is 0 Å². The zero-order chi connectivity index (χ0) is 18.3. The first-order valence-corrected chi connectivity index (χ1v) is 8.16. The van der Waals surface area contributed by atoms with E-state index in [9.17, 15) is 9.59 Å². The summed E-state index contributed by atoms with van der Waals surface area (Å²) in [5.74, 6) is -0.158. The summed E-state index contributed by atoms with van der Waals surface area (Å²) in [5, 5.41) is 2.81. The fourth-order valence-corrected chi connectivity index (χ4v) is 2.54. The van der Waals surface area contributed by atoms with Crippen molar-refractivity contribution in [1.29, 1.82) is 0 Å². The summed E-state index contributed by atoms with van der Waals surface area (Å²) in [4.78, 5) is 27.6. The van der Waals surface area contributed by atoms with Crippen LogP contribution in [0.1, 0.15) is 32.8 Å². The van der Waals surface area contributed by atoms with E-state index in [1.165, 1.54) is 7.11 Å². The molecule has 0 saturated heterocycles. The van der Waals surface area contributed by atoms with Gasteiger partial charge in [-0.25, -0.2) is 0 Å². The van der Waals surface area contributed by atoms with Gasteiger partial charge in [-0.2, -0.15) is 0 Å². The van der Waals surface area contributed by atoms with E-state index in [-0.39, 0.29) is 24.5 Å². The van der Waals surface area contributed by atoms with E-state index in [1.54, 1.807) is 6.92 Å². The molecule has 0 bridgehead atoms. The molecule has 0 aromatic heterocycles. The van der Waals surface area contributed by atoms with Crippen molar-refractivity contribution in [2.45, 2.75) is 39.8 Å². The lowest BCUT2D eigenvalue weighted by atomic mass is 10.1. The minimum absolute atomic E-state index is 0.0111. The number of hydrogen-bond acceptors (Lipinski definition) is 4. The first kappa shape index (κ1) is 20.0. The van der Waals surface area contributed by atoms with Crippen LogP contribution in [0.3, 0.4) is 0 Å². The normalized spacial score (nSPS) is 11.8. The average molecular weight is 335 g/mol. The molecule has 1 N–H and O–H groups in total. The molecule has 6 heteroatoms. The van der Waals surface area contributed by atoms with Crippen LogP contribution >= 0.6 is 0 Å². The Morgan fingerprint density at radius 3 is 2.46 bits per heavy atom. The molecule has 0 aliphatic heterocycles. The molecule has 6 nitrogen and oxygen atoms in total. The Morgan fingerprint density at radius 2 is 1.96 bits per heavy atom. The molecule has 1 rings (SSSR count). The predicted octanol–water partition coefficient (Wildman–Crippen LogP) is 2.48. The third-order valence-corrected chi connectivity index (χ3v) is 3.99. The number of ether oxygens (including phenoxy) is 1. The number of nitrogens with zero attached hydrogens (tertiary/aromatic N) is 2. The zero-order valence-corrected chi connectivity index (χ0v) is 15.5. The van der Waals surface area contributed by atoms with E-state index in [2.05, 4.69) is 12.2 Å². The van der Waals surface area contributed by atoms with Crippen LogP contribution in [0.25, 0.3) is 0 Å². The molecule has 134 valence electrons. The monoisotopic (exact) mass is 335 g/mol. The highest BCUT2D eigenvalue weighted by molar-refractivity contribution is 5.92. The Balaban J connectivity index is 3.12. The molecule has 1 aromatic rings. The SMILES string of the molecule is CC[C@H](C)N(Cc1cc(NC(=O)COC)ccc1N(C)C)C(C)=O. The lowest BCUT2D eigenvalue weighted by molar-refractivity contribution is -0.131. The molecule has 0 heterocycles. The summed E-state index contributed by atoms with van der Waals surface area (Å²) in [7, 11) is 5.41. The van der Waals surface area contributed by atoms with Crippen LogP contribution in [0.5, 0.6) is 0 Å². The van der Waals surface area contributed by atoms with E-state index in [4.69, 9.17) is 4.74 Å². The summed E-state index contributed by atoms with van der Waals surface area (Å²) in [6.45, 7) is 6.21. The van der Waals surface area contributed by atoms with Gasteiger partial charge in [0, 0.05) is 52.1 Å². The van der Waals surface area contributed by atoms with Crippen molar-refractivity contribution in [2.75, 3.05) is 38.0 Å². The Bertz CT molecular complexity index is 573. The van der Waals surface area contributed by atoms with Gasteiger partial charge >= 0.3 is 0 Å². The smallest absolute Gasteiger partial charge is 0.250 e. The van der Waals surface area contributed by atoms with Crippen molar-refractivity contribution in [3.8, 4) is 0 Å². The van der Waals surface area contributed by atoms with E-state index in [0.717, 1.165) is 17.7 Å². The van der Waals surface area contributed by atoms with Gasteiger partial charge in [-0.15, -0.1) is 0 Å². The molecule has 0 fully saturated rings. The Kier molecular flexibility index (Phi) is 7.71. The molecule has 0 saturated carbocycles. The average Bonchev–Trinajstić information content (AvgIpc) is 2.51. The molecule has 1 atom stereocenters. The molecule has 0 radical (unpaired) electrons. The number of nitrogens with one attached hydrogen (secondary N) is 1. The summed E-state index contributed by atoms with van der Waals surface area (Å²) < 4.78 is 4.84. The largest absolute Gasteiger partial charge is 0.377 e. The predicted molar refractivity (Wildman–Crippen MR) is 97.3 cm³/mol. The lowest BCUT2D eigenvalue weighted by Crippen LogP contribution is -2.36. The van der Waals surface area contributed by atoms with Gasteiger partial charge in [-0.05, 0) is 37.1 Å². The Labute approximate surface area is 144 Å². The fourth-order valence-electron chi connectivity index (χ4n) is 2.54. The highest BCUT2D eigenvalue weighted by atomic mass is 16.5. The van der Waals surface area contributed by atoms with Gasteiger partial charge in [0.2, 0.25) is 11.8 Å². The van der Waals surface area contributed by atoms with Crippen LogP contribution in [0.2, 0.25) is 0 Å². The molecule has 0 aliphatic carbocycles. The van der Waals surface area contributed by atoms with Crippen molar-refractivity contribution in [3.63, 3.8) is 0 Å². The van der Waals surface area contributed by atoms with Gasteiger partial charge in [-0.1, -0.05) is 6.92 Å². The number of benzene rings is 1. The van der Waals surface area contributed by atoms with Gasteiger partial charge in [0.25, 0.3) is 0 Å². The number of anilines is 2. The van der Waals surface area contributed by atoms with Crippen LogP contribution in [-0.2, 0) is 20.9 Å². The van der Waals surface area contributed by atoms with Gasteiger partial charge < -0.3 is 19.9 Å². The summed E-state index contributed by atoms with van der Waals surface area (Å²) in [6, 6.07) is 5.88. The minimum atomic E-state index is -0.202. The topological polar surface area (TPSA) is 61.9 Å². The van der Waals surface area contributed by atoms with Crippen molar-refractivity contribution in [2.24, 2.45) is 0 Å². The number of carbonyl (C=O) groups excluding carboxylic acids is 2. The van der Waals surface area contributed by atoms with Gasteiger partial charge in [0.15, 0.2) is 0 Å². The number of amides is 2. The van der Waals surface area contributed by atoms with Crippen molar-refractivity contribution in [1.82, 2.24) is 4.90 Å². The molecule has 1 aromatic carbocycles. The van der Waals surface area contributed by atoms with Crippen LogP contribution < -0.4 is 10.2 Å². The standard InChI is InChI=1S/C18H29N3O3/c1-7-13(2)21(14(3)22)11-15-10-16(19-18(23)12-24-6)8-9-17(15)20(4)5/h8-10,13H,7,11-12H2,1-6H3,(H,19,23)/t13-/m0/s1. The van der Waals surface area contributed by atoms with Crippen LogP contribution in [0.4, 0.5) is 11.4 Å². The second-order valence-electron chi connectivity index (χ2n) is 6.12. The van der Waals surface area contributed by atoms with Crippen molar-refractivity contribution >= 4 is 23.2 Å². The third kappa shape index (κ3) is 5.53. The molecule has 0 unspecified atom stereocenters. The summed E-state index contributed by atoms with van der Waals surface area (Å²) in [6.07, 6.45) is 0.890. The quantitative estimate of drug-likeness (QED) is 0.793. The molecule has 0 spiro atoms. The minimum Gasteiger partial charge on any atom is -0.377 e. The number of rotatable bonds is 8. The second kappa shape index (κ2) is 9.27. The first-order chi connectivity index (χ1) is 11.3. The van der Waals surface area contributed by atoms with Crippen LogP contribution in [-0.4, -0.2) is 50.6 Å². The summed E-state index contributed by atoms with van der Waals surface area (Å²) >= 11 is 0. The number of methoxy groups -OCH3 is 1. The molecule has 0 aliphatic rings. The molecule has 24 heavy (non-hydrogen) atoms. The zero-order valence-electron chi connectivity index (χ0n) is 15.5. The van der Waals surface area contributed by atoms with Crippen molar-refractivity contribution in [3.05, 3.63) is 23.8 Å². The molecular weight excluding hydrogens is 306 g/mol.